The molecule has 4 heteroatoms. The Kier molecular flexibility index (Phi) is 5.06. The fourth-order valence-electron chi connectivity index (χ4n) is 1.66. The second-order valence-electron chi connectivity index (χ2n) is 5.91. The molecule has 0 aliphatic rings. The normalized spacial score (nSPS) is 13.2. The molecule has 3 nitrogen and oxygen atoms in total. The molecule has 0 spiro atoms. The average molecular weight is 266 g/mol. The van der Waals surface area contributed by atoms with Gasteiger partial charge in [0.15, 0.2) is 0 Å². The molecule has 19 heavy (non-hydrogen) atoms. The van der Waals surface area contributed by atoms with Gasteiger partial charge in [-0.05, 0) is 57.9 Å². The second-order valence-corrected chi connectivity index (χ2v) is 5.91. The molecule has 1 rings (SSSR count). The predicted octanol–water partition coefficient (Wildman–Crippen LogP) is 2.53. The van der Waals surface area contributed by atoms with E-state index in [1.165, 1.54) is 12.1 Å². The van der Waals surface area contributed by atoms with Crippen LogP contribution in [0, 0.1) is 12.7 Å². The molecule has 1 unspecified atom stereocenters. The summed E-state index contributed by atoms with van der Waals surface area (Å²) in [5.74, 6) is -0.309. The fourth-order valence-corrected chi connectivity index (χ4v) is 1.66. The van der Waals surface area contributed by atoms with E-state index in [4.69, 9.17) is 0 Å². The number of aryl methyl sites for hydroxylation is 1. The Morgan fingerprint density at radius 3 is 2.58 bits per heavy atom. The first-order chi connectivity index (χ1) is 8.69. The number of hydrogen-bond donors (Lipinski definition) is 2. The molecule has 0 saturated carbocycles. The van der Waals surface area contributed by atoms with Gasteiger partial charge in [0.25, 0.3) is 0 Å². The van der Waals surface area contributed by atoms with Crippen molar-refractivity contribution < 1.29 is 9.18 Å². The smallest absolute Gasteiger partial charge is 0.237 e. The number of carbonyl (C=O) groups excluding carboxylic acids is 1. The van der Waals surface area contributed by atoms with Crippen LogP contribution in [-0.2, 0) is 11.3 Å². The predicted molar refractivity (Wildman–Crippen MR) is 75.3 cm³/mol. The maximum absolute atomic E-state index is 13.1. The summed E-state index contributed by atoms with van der Waals surface area (Å²) in [4.78, 5) is 11.9. The third kappa shape index (κ3) is 5.39. The van der Waals surface area contributed by atoms with Crippen LogP contribution in [0.25, 0.3) is 0 Å². The summed E-state index contributed by atoms with van der Waals surface area (Å²) in [6.07, 6.45) is 0. The standard InChI is InChI=1S/C15H23FN2O/c1-10-6-7-13(16)8-12(10)9-17-11(2)14(19)18-15(3,4)5/h6-8,11,17H,9H2,1-5H3,(H,18,19). The monoisotopic (exact) mass is 266 g/mol. The number of halogens is 1. The first-order valence-corrected chi connectivity index (χ1v) is 6.49. The molecule has 106 valence electrons. The minimum Gasteiger partial charge on any atom is -0.350 e. The number of hydrogen-bond acceptors (Lipinski definition) is 2. The van der Waals surface area contributed by atoms with Crippen LogP contribution >= 0.6 is 0 Å². The summed E-state index contributed by atoms with van der Waals surface area (Å²) in [7, 11) is 0. The second kappa shape index (κ2) is 6.15. The van der Waals surface area contributed by atoms with Crippen LogP contribution in [0.15, 0.2) is 18.2 Å². The first-order valence-electron chi connectivity index (χ1n) is 6.49. The van der Waals surface area contributed by atoms with Gasteiger partial charge in [-0.25, -0.2) is 4.39 Å². The van der Waals surface area contributed by atoms with E-state index in [0.29, 0.717) is 6.54 Å². The zero-order chi connectivity index (χ0) is 14.6. The highest BCUT2D eigenvalue weighted by atomic mass is 19.1. The van der Waals surface area contributed by atoms with Crippen LogP contribution in [0.2, 0.25) is 0 Å². The Bertz CT molecular complexity index is 452. The Labute approximate surface area is 114 Å². The van der Waals surface area contributed by atoms with Crippen LogP contribution in [0.4, 0.5) is 4.39 Å². The van der Waals surface area contributed by atoms with Crippen molar-refractivity contribution in [1.29, 1.82) is 0 Å². The van der Waals surface area contributed by atoms with Gasteiger partial charge in [0.1, 0.15) is 5.82 Å². The van der Waals surface area contributed by atoms with Gasteiger partial charge in [0.2, 0.25) is 5.91 Å². The van der Waals surface area contributed by atoms with E-state index >= 15 is 0 Å². The summed E-state index contributed by atoms with van der Waals surface area (Å²) in [6.45, 7) is 10.0. The van der Waals surface area contributed by atoms with Gasteiger partial charge in [-0.1, -0.05) is 6.07 Å². The van der Waals surface area contributed by atoms with Gasteiger partial charge in [0.05, 0.1) is 6.04 Å². The van der Waals surface area contributed by atoms with E-state index in [0.717, 1.165) is 11.1 Å². The third-order valence-electron chi connectivity index (χ3n) is 2.80. The van der Waals surface area contributed by atoms with E-state index < -0.39 is 0 Å². The van der Waals surface area contributed by atoms with Gasteiger partial charge in [0, 0.05) is 12.1 Å². The molecule has 2 N–H and O–H groups in total. The average Bonchev–Trinajstić information content (AvgIpc) is 2.27. The van der Waals surface area contributed by atoms with Crippen LogP contribution < -0.4 is 10.6 Å². The van der Waals surface area contributed by atoms with Crippen molar-refractivity contribution in [1.82, 2.24) is 10.6 Å². The molecule has 0 heterocycles. The third-order valence-corrected chi connectivity index (χ3v) is 2.80. The molecule has 0 aromatic heterocycles. The summed E-state index contributed by atoms with van der Waals surface area (Å²) in [6, 6.07) is 4.36. The highest BCUT2D eigenvalue weighted by molar-refractivity contribution is 5.81. The Morgan fingerprint density at radius 2 is 2.00 bits per heavy atom. The largest absolute Gasteiger partial charge is 0.350 e. The maximum Gasteiger partial charge on any atom is 0.237 e. The van der Waals surface area contributed by atoms with Crippen molar-refractivity contribution in [2.45, 2.75) is 52.7 Å². The molecule has 1 amide bonds. The summed E-state index contributed by atoms with van der Waals surface area (Å²) in [5, 5.41) is 6.02. The van der Waals surface area contributed by atoms with Crippen LogP contribution in [0.3, 0.4) is 0 Å². The molecule has 0 aliphatic heterocycles. The number of rotatable bonds is 4. The van der Waals surface area contributed by atoms with E-state index in [1.807, 2.05) is 27.7 Å². The Balaban J connectivity index is 2.56. The number of benzene rings is 1. The van der Waals surface area contributed by atoms with Crippen molar-refractivity contribution in [3.8, 4) is 0 Å². The number of amides is 1. The van der Waals surface area contributed by atoms with Crippen LogP contribution in [-0.4, -0.2) is 17.5 Å². The molecule has 1 aromatic rings. The molecule has 0 saturated heterocycles. The van der Waals surface area contributed by atoms with Crippen molar-refractivity contribution in [2.24, 2.45) is 0 Å². The molecular weight excluding hydrogens is 243 g/mol. The lowest BCUT2D eigenvalue weighted by Gasteiger charge is -2.24. The lowest BCUT2D eigenvalue weighted by atomic mass is 10.1. The van der Waals surface area contributed by atoms with Crippen LogP contribution in [0.5, 0.6) is 0 Å². The SMILES string of the molecule is Cc1ccc(F)cc1CNC(C)C(=O)NC(C)(C)C. The summed E-state index contributed by atoms with van der Waals surface area (Å²) in [5.41, 5.74) is 1.63. The lowest BCUT2D eigenvalue weighted by Crippen LogP contribution is -2.49. The first kappa shape index (κ1) is 15.6. The summed E-state index contributed by atoms with van der Waals surface area (Å²) < 4.78 is 13.1. The Morgan fingerprint density at radius 1 is 1.37 bits per heavy atom. The lowest BCUT2D eigenvalue weighted by molar-refractivity contribution is -0.124. The maximum atomic E-state index is 13.1. The number of carbonyl (C=O) groups is 1. The molecular formula is C15H23FN2O. The summed E-state index contributed by atoms with van der Waals surface area (Å²) >= 11 is 0. The van der Waals surface area contributed by atoms with Gasteiger partial charge in [-0.15, -0.1) is 0 Å². The van der Waals surface area contributed by atoms with E-state index in [1.54, 1.807) is 13.0 Å². The van der Waals surface area contributed by atoms with Crippen molar-refractivity contribution in [2.75, 3.05) is 0 Å². The number of nitrogens with one attached hydrogen (secondary N) is 2. The highest BCUT2D eigenvalue weighted by Gasteiger charge is 2.18. The zero-order valence-electron chi connectivity index (χ0n) is 12.3. The van der Waals surface area contributed by atoms with Crippen molar-refractivity contribution >= 4 is 5.91 Å². The molecule has 0 fully saturated rings. The Hall–Kier alpha value is -1.42. The molecule has 0 aliphatic carbocycles. The minimum atomic E-state index is -0.318. The zero-order valence-corrected chi connectivity index (χ0v) is 12.3. The van der Waals surface area contributed by atoms with Gasteiger partial charge >= 0.3 is 0 Å². The molecule has 1 atom stereocenters. The van der Waals surface area contributed by atoms with Gasteiger partial charge in [-0.3, -0.25) is 4.79 Å². The van der Waals surface area contributed by atoms with Gasteiger partial charge < -0.3 is 10.6 Å². The van der Waals surface area contributed by atoms with Crippen molar-refractivity contribution in [3.63, 3.8) is 0 Å². The quantitative estimate of drug-likeness (QED) is 0.879. The topological polar surface area (TPSA) is 41.1 Å². The molecule has 1 aromatic carbocycles. The molecule has 0 radical (unpaired) electrons. The van der Waals surface area contributed by atoms with E-state index in [9.17, 15) is 9.18 Å². The fraction of sp³-hybridized carbons (Fsp3) is 0.533. The highest BCUT2D eigenvalue weighted by Crippen LogP contribution is 2.10. The van der Waals surface area contributed by atoms with Crippen LogP contribution in [0.1, 0.15) is 38.8 Å². The van der Waals surface area contributed by atoms with E-state index in [-0.39, 0.29) is 23.3 Å². The van der Waals surface area contributed by atoms with E-state index in [2.05, 4.69) is 10.6 Å². The minimum absolute atomic E-state index is 0.0541. The van der Waals surface area contributed by atoms with Gasteiger partial charge in [-0.2, -0.15) is 0 Å². The molecule has 0 bridgehead atoms. The van der Waals surface area contributed by atoms with Crippen molar-refractivity contribution in [3.05, 3.63) is 35.1 Å².